The normalized spacial score (nSPS) is 21.2. The van der Waals surface area contributed by atoms with Crippen LogP contribution in [0.5, 0.6) is 5.75 Å². The van der Waals surface area contributed by atoms with Crippen LogP contribution >= 0.6 is 0 Å². The summed E-state index contributed by atoms with van der Waals surface area (Å²) >= 11 is 0. The topological polar surface area (TPSA) is 75.9 Å². The van der Waals surface area contributed by atoms with E-state index in [9.17, 15) is 14.9 Å². The second-order valence-corrected chi connectivity index (χ2v) is 7.61. The van der Waals surface area contributed by atoms with Gasteiger partial charge >= 0.3 is 5.69 Å². The number of nitro benzene ring substituents is 1. The first-order valence-electron chi connectivity index (χ1n) is 9.35. The van der Waals surface area contributed by atoms with E-state index in [1.807, 2.05) is 17.0 Å². The van der Waals surface area contributed by atoms with E-state index < -0.39 is 4.92 Å². The SMILES string of the molecule is COc1ccc(C(=O)N2c3ccc(C)cc3C3CN(C)CCC32)cc1[N+](=O)[O-]. The Hall–Kier alpha value is -2.93. The highest BCUT2D eigenvalue weighted by Crippen LogP contribution is 2.45. The minimum absolute atomic E-state index is 0.0710. The van der Waals surface area contributed by atoms with E-state index >= 15 is 0 Å². The molecule has 146 valence electrons. The summed E-state index contributed by atoms with van der Waals surface area (Å²) < 4.78 is 5.06. The van der Waals surface area contributed by atoms with Gasteiger partial charge in [0.1, 0.15) is 0 Å². The van der Waals surface area contributed by atoms with Crippen LogP contribution in [0.2, 0.25) is 0 Å². The Kier molecular flexibility index (Phi) is 4.55. The van der Waals surface area contributed by atoms with Crippen LogP contribution in [-0.2, 0) is 0 Å². The van der Waals surface area contributed by atoms with Crippen LogP contribution in [0.25, 0.3) is 0 Å². The van der Waals surface area contributed by atoms with Gasteiger partial charge in [-0.3, -0.25) is 14.9 Å². The highest BCUT2D eigenvalue weighted by atomic mass is 16.6. The van der Waals surface area contributed by atoms with Crippen LogP contribution in [0, 0.1) is 17.0 Å². The number of benzene rings is 2. The smallest absolute Gasteiger partial charge is 0.311 e. The van der Waals surface area contributed by atoms with Crippen molar-refractivity contribution < 1.29 is 14.5 Å². The van der Waals surface area contributed by atoms with Gasteiger partial charge in [-0.05, 0) is 50.7 Å². The number of ether oxygens (including phenoxy) is 1. The number of piperidine rings is 1. The van der Waals surface area contributed by atoms with E-state index in [1.54, 1.807) is 6.07 Å². The summed E-state index contributed by atoms with van der Waals surface area (Å²) in [6, 6.07) is 10.7. The third kappa shape index (κ3) is 2.92. The quantitative estimate of drug-likeness (QED) is 0.602. The first-order valence-corrected chi connectivity index (χ1v) is 9.35. The van der Waals surface area contributed by atoms with Crippen molar-refractivity contribution in [3.63, 3.8) is 0 Å². The number of likely N-dealkylation sites (N-methyl/N-ethyl adjacent to an activating group) is 1. The molecule has 0 bridgehead atoms. The first kappa shape index (κ1) is 18.4. The van der Waals surface area contributed by atoms with Crippen molar-refractivity contribution in [2.45, 2.75) is 25.3 Å². The summed E-state index contributed by atoms with van der Waals surface area (Å²) in [6.07, 6.45) is 0.874. The number of hydrogen-bond acceptors (Lipinski definition) is 5. The molecule has 2 atom stereocenters. The number of rotatable bonds is 3. The van der Waals surface area contributed by atoms with Crippen LogP contribution in [-0.4, -0.2) is 49.0 Å². The minimum Gasteiger partial charge on any atom is -0.490 e. The molecule has 0 saturated carbocycles. The largest absolute Gasteiger partial charge is 0.490 e. The zero-order valence-corrected chi connectivity index (χ0v) is 16.2. The molecule has 0 aromatic heterocycles. The van der Waals surface area contributed by atoms with Gasteiger partial charge in [0.05, 0.1) is 12.0 Å². The molecule has 0 N–H and O–H groups in total. The molecule has 0 radical (unpaired) electrons. The maximum atomic E-state index is 13.5. The summed E-state index contributed by atoms with van der Waals surface area (Å²) in [5.41, 5.74) is 3.38. The zero-order chi connectivity index (χ0) is 20.0. The van der Waals surface area contributed by atoms with E-state index in [-0.39, 0.29) is 29.3 Å². The Morgan fingerprint density at radius 1 is 1.25 bits per heavy atom. The molecule has 0 spiro atoms. The molecule has 7 nitrogen and oxygen atoms in total. The Bertz CT molecular complexity index is 959. The predicted molar refractivity (Wildman–Crippen MR) is 106 cm³/mol. The summed E-state index contributed by atoms with van der Waals surface area (Å²) in [5.74, 6) is 0.204. The lowest BCUT2D eigenvalue weighted by Gasteiger charge is -2.36. The molecular weight excluding hydrogens is 358 g/mol. The van der Waals surface area contributed by atoms with E-state index in [0.717, 1.165) is 25.2 Å². The standard InChI is InChI=1S/C21H23N3O4/c1-13-4-6-17-15(10-13)16-12-22(2)9-8-18(16)23(17)21(25)14-5-7-20(28-3)19(11-14)24(26)27/h4-7,10-11,16,18H,8-9,12H2,1-3H3. The average molecular weight is 381 g/mol. The Morgan fingerprint density at radius 2 is 2.04 bits per heavy atom. The number of methoxy groups -OCH3 is 1. The van der Waals surface area contributed by atoms with Crippen molar-refractivity contribution in [1.82, 2.24) is 4.90 Å². The Balaban J connectivity index is 1.77. The van der Waals surface area contributed by atoms with Gasteiger partial charge in [-0.1, -0.05) is 17.7 Å². The van der Waals surface area contributed by atoms with Gasteiger partial charge in [-0.25, -0.2) is 0 Å². The van der Waals surface area contributed by atoms with Crippen molar-refractivity contribution in [2.24, 2.45) is 0 Å². The molecule has 2 heterocycles. The van der Waals surface area contributed by atoms with Crippen LogP contribution in [0.3, 0.4) is 0 Å². The summed E-state index contributed by atoms with van der Waals surface area (Å²) in [6.45, 7) is 3.87. The molecule has 2 aliphatic heterocycles. The summed E-state index contributed by atoms with van der Waals surface area (Å²) in [5, 5.41) is 11.4. The average Bonchev–Trinajstić information content (AvgIpc) is 2.99. The Labute approximate surface area is 163 Å². The molecule has 0 aliphatic carbocycles. The van der Waals surface area contributed by atoms with Crippen LogP contribution in [0.1, 0.15) is 33.8 Å². The van der Waals surface area contributed by atoms with Crippen molar-refractivity contribution in [3.05, 3.63) is 63.2 Å². The van der Waals surface area contributed by atoms with E-state index in [4.69, 9.17) is 4.74 Å². The number of hydrogen-bond donors (Lipinski definition) is 0. The number of carbonyl (C=O) groups excluding carboxylic acids is 1. The maximum absolute atomic E-state index is 13.5. The molecule has 28 heavy (non-hydrogen) atoms. The highest BCUT2D eigenvalue weighted by molar-refractivity contribution is 6.08. The molecule has 4 rings (SSSR count). The van der Waals surface area contributed by atoms with Gasteiger partial charge < -0.3 is 14.5 Å². The molecule has 1 fully saturated rings. The zero-order valence-electron chi connectivity index (χ0n) is 16.2. The van der Waals surface area contributed by atoms with Crippen LogP contribution in [0.15, 0.2) is 36.4 Å². The fourth-order valence-electron chi connectivity index (χ4n) is 4.45. The number of anilines is 1. The van der Waals surface area contributed by atoms with E-state index in [1.165, 1.54) is 30.4 Å². The minimum atomic E-state index is -0.519. The fourth-order valence-corrected chi connectivity index (χ4v) is 4.45. The number of aryl methyl sites for hydroxylation is 1. The predicted octanol–water partition coefficient (Wildman–Crippen LogP) is 3.36. The molecule has 1 saturated heterocycles. The van der Waals surface area contributed by atoms with E-state index in [0.29, 0.717) is 5.56 Å². The van der Waals surface area contributed by atoms with Crippen molar-refractivity contribution >= 4 is 17.3 Å². The number of nitro groups is 1. The van der Waals surface area contributed by atoms with Gasteiger partial charge in [0.2, 0.25) is 0 Å². The third-order valence-corrected chi connectivity index (χ3v) is 5.79. The lowest BCUT2D eigenvalue weighted by atomic mass is 9.88. The first-order chi connectivity index (χ1) is 13.4. The lowest BCUT2D eigenvalue weighted by Crippen LogP contribution is -2.47. The number of amides is 1. The van der Waals surface area contributed by atoms with Crippen LogP contribution in [0.4, 0.5) is 11.4 Å². The summed E-state index contributed by atoms with van der Waals surface area (Å²) in [7, 11) is 3.48. The number of likely N-dealkylation sites (tertiary alicyclic amines) is 1. The monoisotopic (exact) mass is 381 g/mol. The summed E-state index contributed by atoms with van der Waals surface area (Å²) in [4.78, 5) is 28.4. The van der Waals surface area contributed by atoms with Gasteiger partial charge in [0, 0.05) is 35.8 Å². The number of nitrogens with zero attached hydrogens (tertiary/aromatic N) is 3. The Morgan fingerprint density at radius 3 is 2.75 bits per heavy atom. The van der Waals surface area contributed by atoms with E-state index in [2.05, 4.69) is 24.9 Å². The van der Waals surface area contributed by atoms with Crippen molar-refractivity contribution in [2.75, 3.05) is 32.1 Å². The molecular formula is C21H23N3O4. The maximum Gasteiger partial charge on any atom is 0.311 e. The van der Waals surface area contributed by atoms with Crippen molar-refractivity contribution in [3.8, 4) is 5.75 Å². The van der Waals surface area contributed by atoms with Gasteiger partial charge in [-0.15, -0.1) is 0 Å². The molecule has 2 unspecified atom stereocenters. The molecule has 7 heteroatoms. The lowest BCUT2D eigenvalue weighted by molar-refractivity contribution is -0.385. The molecule has 1 amide bonds. The fraction of sp³-hybridized carbons (Fsp3) is 0.381. The van der Waals surface area contributed by atoms with Gasteiger partial charge in [0.15, 0.2) is 5.75 Å². The highest BCUT2D eigenvalue weighted by Gasteiger charge is 2.44. The molecule has 2 aromatic rings. The van der Waals surface area contributed by atoms with Gasteiger partial charge in [0.25, 0.3) is 5.91 Å². The van der Waals surface area contributed by atoms with Crippen LogP contribution < -0.4 is 9.64 Å². The second-order valence-electron chi connectivity index (χ2n) is 7.61. The van der Waals surface area contributed by atoms with Gasteiger partial charge in [-0.2, -0.15) is 0 Å². The number of fused-ring (bicyclic) bond motifs is 3. The molecule has 2 aromatic carbocycles. The second kappa shape index (κ2) is 6.91. The van der Waals surface area contributed by atoms with Crippen molar-refractivity contribution in [1.29, 1.82) is 0 Å². The molecule has 2 aliphatic rings. The number of carbonyl (C=O) groups is 1. The third-order valence-electron chi connectivity index (χ3n) is 5.79.